The Morgan fingerprint density at radius 3 is 2.00 bits per heavy atom. The van der Waals surface area contributed by atoms with Crippen LogP contribution in [0.3, 0.4) is 0 Å². The molecule has 0 N–H and O–H groups in total. The minimum Gasteiger partial charge on any atom is -0.453 e. The third kappa shape index (κ3) is 4.21. The van der Waals surface area contributed by atoms with Crippen LogP contribution in [0, 0.1) is 10.1 Å². The molecule has 0 radical (unpaired) electrons. The van der Waals surface area contributed by atoms with E-state index in [-0.39, 0.29) is 17.2 Å². The van der Waals surface area contributed by atoms with Crippen molar-refractivity contribution < 1.29 is 14.5 Å². The number of ether oxygens (including phenoxy) is 1. The fourth-order valence-electron chi connectivity index (χ4n) is 2.34. The van der Waals surface area contributed by atoms with Gasteiger partial charge in [0.2, 0.25) is 5.78 Å². The number of non-ortho nitro benzene ring substituents is 1. The van der Waals surface area contributed by atoms with E-state index >= 15 is 0 Å². The van der Waals surface area contributed by atoms with Gasteiger partial charge in [-0.2, -0.15) is 0 Å². The lowest BCUT2D eigenvalue weighted by Gasteiger charge is -2.10. The number of nitro groups is 1. The largest absolute Gasteiger partial charge is 0.453 e. The third-order valence-corrected chi connectivity index (χ3v) is 3.63. The summed E-state index contributed by atoms with van der Waals surface area (Å²) in [6, 6.07) is 23.7. The zero-order chi connectivity index (χ0) is 18.4. The first kappa shape index (κ1) is 17.1. The number of Topliss-reactive ketones (excluding diaryl/α,β-unsaturated/α-hetero) is 1. The maximum atomic E-state index is 12.8. The lowest BCUT2D eigenvalue weighted by atomic mass is 10.1. The number of hydrogen-bond acceptors (Lipinski definition) is 4. The van der Waals surface area contributed by atoms with Gasteiger partial charge in [0.1, 0.15) is 5.75 Å². The summed E-state index contributed by atoms with van der Waals surface area (Å²) in [6.07, 6.45) is 1.65. The summed E-state index contributed by atoms with van der Waals surface area (Å²) in [5.74, 6) is 0.214. The van der Waals surface area contributed by atoms with Crippen molar-refractivity contribution in [1.82, 2.24) is 0 Å². The van der Waals surface area contributed by atoms with E-state index in [1.165, 1.54) is 24.3 Å². The first-order valence-corrected chi connectivity index (χ1v) is 7.92. The van der Waals surface area contributed by atoms with Crippen LogP contribution in [0.2, 0.25) is 0 Å². The summed E-state index contributed by atoms with van der Waals surface area (Å²) in [7, 11) is 0. The highest BCUT2D eigenvalue weighted by Gasteiger charge is 2.15. The van der Waals surface area contributed by atoms with Gasteiger partial charge in [0.15, 0.2) is 5.76 Å². The van der Waals surface area contributed by atoms with Crippen LogP contribution in [0.15, 0.2) is 90.7 Å². The molecule has 3 aromatic rings. The molecule has 0 heterocycles. The molecule has 5 heteroatoms. The number of hydrogen-bond donors (Lipinski definition) is 0. The van der Waals surface area contributed by atoms with E-state index in [0.717, 1.165) is 5.56 Å². The molecular weight excluding hydrogens is 330 g/mol. The number of ketones is 1. The van der Waals surface area contributed by atoms with Crippen molar-refractivity contribution in [2.24, 2.45) is 0 Å². The minimum absolute atomic E-state index is 0.0414. The van der Waals surface area contributed by atoms with Crippen molar-refractivity contribution in [2.75, 3.05) is 0 Å². The van der Waals surface area contributed by atoms with Crippen molar-refractivity contribution in [3.05, 3.63) is 112 Å². The molecule has 0 amide bonds. The van der Waals surface area contributed by atoms with E-state index in [1.54, 1.807) is 30.3 Å². The normalized spacial score (nSPS) is 11.0. The zero-order valence-electron chi connectivity index (χ0n) is 13.7. The molecule has 0 spiro atoms. The van der Waals surface area contributed by atoms with Gasteiger partial charge >= 0.3 is 0 Å². The van der Waals surface area contributed by atoms with Gasteiger partial charge < -0.3 is 4.74 Å². The van der Waals surface area contributed by atoms with Gasteiger partial charge in [-0.25, -0.2) is 0 Å². The molecule has 128 valence electrons. The van der Waals surface area contributed by atoms with Crippen molar-refractivity contribution >= 4 is 17.5 Å². The number of rotatable bonds is 6. The molecule has 0 fully saturated rings. The van der Waals surface area contributed by atoms with Gasteiger partial charge in [-0.05, 0) is 23.8 Å². The zero-order valence-corrected chi connectivity index (χ0v) is 13.7. The van der Waals surface area contributed by atoms with Crippen LogP contribution in [-0.2, 0) is 0 Å². The second-order valence-corrected chi connectivity index (χ2v) is 5.47. The average Bonchev–Trinajstić information content (AvgIpc) is 2.69. The van der Waals surface area contributed by atoms with Crippen LogP contribution >= 0.6 is 0 Å². The van der Waals surface area contributed by atoms with E-state index in [4.69, 9.17) is 4.74 Å². The molecule has 0 saturated heterocycles. The monoisotopic (exact) mass is 345 g/mol. The Labute approximate surface area is 150 Å². The van der Waals surface area contributed by atoms with Gasteiger partial charge in [-0.3, -0.25) is 14.9 Å². The van der Waals surface area contributed by atoms with Gasteiger partial charge in [0.05, 0.1) is 4.92 Å². The fourth-order valence-corrected chi connectivity index (χ4v) is 2.34. The van der Waals surface area contributed by atoms with Gasteiger partial charge in [-0.15, -0.1) is 0 Å². The summed E-state index contributed by atoms with van der Waals surface area (Å²) < 4.78 is 5.76. The number of carbonyl (C=O) groups excluding carboxylic acids is 1. The summed E-state index contributed by atoms with van der Waals surface area (Å²) in [4.78, 5) is 23.1. The summed E-state index contributed by atoms with van der Waals surface area (Å²) >= 11 is 0. The number of allylic oxidation sites excluding steroid dienone is 1. The third-order valence-electron chi connectivity index (χ3n) is 3.63. The summed E-state index contributed by atoms with van der Waals surface area (Å²) in [6.45, 7) is 0. The summed E-state index contributed by atoms with van der Waals surface area (Å²) in [5, 5.41) is 10.8. The number of nitrogens with zero attached hydrogens (tertiary/aromatic N) is 1. The van der Waals surface area contributed by atoms with Crippen LogP contribution in [0.1, 0.15) is 15.9 Å². The van der Waals surface area contributed by atoms with Crippen molar-refractivity contribution in [3.63, 3.8) is 0 Å². The maximum Gasteiger partial charge on any atom is 0.269 e. The second-order valence-electron chi connectivity index (χ2n) is 5.47. The smallest absolute Gasteiger partial charge is 0.269 e. The van der Waals surface area contributed by atoms with E-state index in [0.29, 0.717) is 11.3 Å². The van der Waals surface area contributed by atoms with E-state index in [2.05, 4.69) is 0 Å². The molecule has 0 bridgehead atoms. The van der Waals surface area contributed by atoms with E-state index in [1.807, 2.05) is 36.4 Å². The quantitative estimate of drug-likeness (QED) is 0.209. The van der Waals surface area contributed by atoms with Gasteiger partial charge in [0.25, 0.3) is 5.69 Å². The van der Waals surface area contributed by atoms with Crippen LogP contribution in [-0.4, -0.2) is 10.7 Å². The van der Waals surface area contributed by atoms with Gasteiger partial charge in [0, 0.05) is 17.7 Å². The fraction of sp³-hybridized carbons (Fsp3) is 0. The number of nitro benzene ring substituents is 1. The molecule has 3 rings (SSSR count). The lowest BCUT2D eigenvalue weighted by molar-refractivity contribution is -0.384. The Morgan fingerprint density at radius 2 is 1.42 bits per heavy atom. The SMILES string of the molecule is O=C(/C(=C/c1ccccc1)Oc1ccc([N+](=O)[O-])cc1)c1ccccc1. The van der Waals surface area contributed by atoms with Crippen LogP contribution in [0.4, 0.5) is 5.69 Å². The molecule has 5 nitrogen and oxygen atoms in total. The highest BCUT2D eigenvalue weighted by molar-refractivity contribution is 6.10. The first-order chi connectivity index (χ1) is 12.6. The minimum atomic E-state index is -0.486. The van der Waals surface area contributed by atoms with E-state index in [9.17, 15) is 14.9 Å². The highest BCUT2D eigenvalue weighted by atomic mass is 16.6. The second kappa shape index (κ2) is 7.90. The highest BCUT2D eigenvalue weighted by Crippen LogP contribution is 2.22. The molecule has 0 atom stereocenters. The van der Waals surface area contributed by atoms with Crippen molar-refractivity contribution in [2.45, 2.75) is 0 Å². The van der Waals surface area contributed by atoms with Crippen LogP contribution in [0.25, 0.3) is 6.08 Å². The average molecular weight is 345 g/mol. The first-order valence-electron chi connectivity index (χ1n) is 7.92. The standard InChI is InChI=1S/C21H15NO4/c23-21(17-9-5-2-6-10-17)20(15-16-7-3-1-4-8-16)26-19-13-11-18(12-14-19)22(24)25/h1-15H/b20-15-. The van der Waals surface area contributed by atoms with Crippen LogP contribution in [0.5, 0.6) is 5.75 Å². The Hall–Kier alpha value is -3.73. The predicted octanol–water partition coefficient (Wildman–Crippen LogP) is 4.90. The van der Waals surface area contributed by atoms with Crippen LogP contribution < -0.4 is 4.74 Å². The lowest BCUT2D eigenvalue weighted by Crippen LogP contribution is -2.09. The predicted molar refractivity (Wildman–Crippen MR) is 98.9 cm³/mol. The molecule has 0 aliphatic carbocycles. The van der Waals surface area contributed by atoms with Gasteiger partial charge in [-0.1, -0.05) is 60.7 Å². The maximum absolute atomic E-state index is 12.8. The van der Waals surface area contributed by atoms with E-state index < -0.39 is 4.92 Å². The molecule has 0 aliphatic heterocycles. The Kier molecular flexibility index (Phi) is 5.19. The molecule has 0 saturated carbocycles. The number of benzene rings is 3. The molecule has 3 aromatic carbocycles. The molecule has 0 aromatic heterocycles. The molecule has 26 heavy (non-hydrogen) atoms. The Bertz CT molecular complexity index is 933. The van der Waals surface area contributed by atoms with Crippen molar-refractivity contribution in [3.8, 4) is 5.75 Å². The molecule has 0 unspecified atom stereocenters. The molecule has 0 aliphatic rings. The Balaban J connectivity index is 1.94. The summed E-state index contributed by atoms with van der Waals surface area (Å²) in [5.41, 5.74) is 1.27. The Morgan fingerprint density at radius 1 is 0.846 bits per heavy atom. The van der Waals surface area contributed by atoms with Crippen molar-refractivity contribution in [1.29, 1.82) is 0 Å². The topological polar surface area (TPSA) is 69.4 Å². The molecular formula is C21H15NO4. The number of carbonyl (C=O) groups is 1.